The number of anilines is 1. The van der Waals surface area contributed by atoms with Gasteiger partial charge < -0.3 is 10.4 Å². The number of benzene rings is 2. The molecule has 2 aromatic rings. The van der Waals surface area contributed by atoms with Crippen LogP contribution in [0.3, 0.4) is 0 Å². The minimum absolute atomic E-state index is 0.00491. The number of amides is 1. The summed E-state index contributed by atoms with van der Waals surface area (Å²) in [6.45, 7) is 1.53. The van der Waals surface area contributed by atoms with Crippen LogP contribution in [0, 0.1) is 11.7 Å². The number of phenolic OH excluding ortho intramolecular Hbond substituents is 1. The van der Waals surface area contributed by atoms with Crippen LogP contribution in [-0.2, 0) is 14.6 Å². The summed E-state index contributed by atoms with van der Waals surface area (Å²) in [6.07, 6.45) is 0.630. The lowest BCUT2D eigenvalue weighted by Crippen LogP contribution is -2.15. The van der Waals surface area contributed by atoms with Gasteiger partial charge in [0, 0.05) is 5.92 Å². The molecular weight excluding hydrogens is 345 g/mol. The third kappa shape index (κ3) is 3.66. The fraction of sp³-hybridized carbons (Fsp3) is 0.278. The summed E-state index contributed by atoms with van der Waals surface area (Å²) in [7, 11) is -3.43. The molecule has 132 valence electrons. The Hall–Kier alpha value is -2.41. The molecule has 0 saturated heterocycles. The van der Waals surface area contributed by atoms with Crippen LogP contribution in [0.1, 0.15) is 24.8 Å². The molecule has 1 aliphatic rings. The van der Waals surface area contributed by atoms with E-state index in [0.717, 1.165) is 5.56 Å². The van der Waals surface area contributed by atoms with Crippen LogP contribution >= 0.6 is 0 Å². The molecule has 1 saturated carbocycles. The van der Waals surface area contributed by atoms with Crippen LogP contribution in [0.25, 0.3) is 0 Å². The minimum atomic E-state index is -3.43. The Morgan fingerprint density at radius 2 is 1.92 bits per heavy atom. The monoisotopic (exact) mass is 363 g/mol. The molecule has 1 amide bonds. The number of hydrogen-bond donors (Lipinski definition) is 2. The number of nitrogens with one attached hydrogen (secondary N) is 1. The highest BCUT2D eigenvalue weighted by atomic mass is 32.2. The maximum Gasteiger partial charge on any atom is 0.228 e. The van der Waals surface area contributed by atoms with E-state index in [1.54, 1.807) is 12.1 Å². The Morgan fingerprint density at radius 1 is 1.24 bits per heavy atom. The molecule has 1 fully saturated rings. The second-order valence-corrected chi connectivity index (χ2v) is 8.35. The third-order valence-corrected chi connectivity index (χ3v) is 6.12. The van der Waals surface area contributed by atoms with Gasteiger partial charge in [0.1, 0.15) is 11.6 Å². The van der Waals surface area contributed by atoms with Crippen molar-refractivity contribution in [1.29, 1.82) is 0 Å². The summed E-state index contributed by atoms with van der Waals surface area (Å²) < 4.78 is 36.8. The van der Waals surface area contributed by atoms with Crippen LogP contribution in [0.4, 0.5) is 10.1 Å². The van der Waals surface area contributed by atoms with E-state index in [9.17, 15) is 22.7 Å². The molecule has 1 aliphatic carbocycles. The smallest absolute Gasteiger partial charge is 0.228 e. The van der Waals surface area contributed by atoms with E-state index >= 15 is 0 Å². The van der Waals surface area contributed by atoms with Gasteiger partial charge in [-0.2, -0.15) is 0 Å². The first-order valence-electron chi connectivity index (χ1n) is 7.94. The maximum absolute atomic E-state index is 13.0. The summed E-state index contributed by atoms with van der Waals surface area (Å²) in [4.78, 5) is 12.4. The molecule has 2 N–H and O–H groups in total. The fourth-order valence-corrected chi connectivity index (χ4v) is 3.67. The van der Waals surface area contributed by atoms with Crippen molar-refractivity contribution in [3.8, 4) is 5.75 Å². The minimum Gasteiger partial charge on any atom is -0.506 e. The van der Waals surface area contributed by atoms with Crippen molar-refractivity contribution in [2.24, 2.45) is 5.92 Å². The van der Waals surface area contributed by atoms with E-state index in [2.05, 4.69) is 5.32 Å². The van der Waals surface area contributed by atoms with Gasteiger partial charge in [-0.05, 0) is 48.2 Å². The summed E-state index contributed by atoms with van der Waals surface area (Å²) in [5, 5.41) is 12.5. The number of halogens is 1. The molecule has 3 rings (SSSR count). The van der Waals surface area contributed by atoms with Crippen LogP contribution in [0.5, 0.6) is 5.75 Å². The highest BCUT2D eigenvalue weighted by Gasteiger charge is 2.44. The van der Waals surface area contributed by atoms with Gasteiger partial charge in [0.15, 0.2) is 9.84 Å². The molecule has 0 heterocycles. The number of phenols is 1. The number of sulfone groups is 1. The molecule has 25 heavy (non-hydrogen) atoms. The number of carbonyl (C=O) groups is 1. The zero-order valence-corrected chi connectivity index (χ0v) is 14.4. The van der Waals surface area contributed by atoms with Gasteiger partial charge in [-0.1, -0.05) is 19.1 Å². The maximum atomic E-state index is 13.0. The van der Waals surface area contributed by atoms with E-state index in [1.807, 2.05) is 0 Å². The highest BCUT2D eigenvalue weighted by Crippen LogP contribution is 2.48. The fourth-order valence-electron chi connectivity index (χ4n) is 2.76. The van der Waals surface area contributed by atoms with Gasteiger partial charge in [0.25, 0.3) is 0 Å². The van der Waals surface area contributed by atoms with Crippen molar-refractivity contribution >= 4 is 21.4 Å². The summed E-state index contributed by atoms with van der Waals surface area (Å²) in [5.74, 6) is -1.16. The molecule has 0 bridgehead atoms. The normalized spacial score (nSPS) is 19.4. The predicted molar refractivity (Wildman–Crippen MR) is 91.7 cm³/mol. The Labute approximate surface area is 145 Å². The van der Waals surface area contributed by atoms with E-state index in [4.69, 9.17) is 0 Å². The van der Waals surface area contributed by atoms with Gasteiger partial charge in [-0.15, -0.1) is 0 Å². The van der Waals surface area contributed by atoms with Crippen molar-refractivity contribution in [3.05, 3.63) is 53.8 Å². The van der Waals surface area contributed by atoms with Gasteiger partial charge in [0.2, 0.25) is 5.91 Å². The van der Waals surface area contributed by atoms with Gasteiger partial charge in [0.05, 0.1) is 16.3 Å². The Balaban J connectivity index is 1.74. The van der Waals surface area contributed by atoms with Crippen LogP contribution in [0.15, 0.2) is 47.4 Å². The van der Waals surface area contributed by atoms with Crippen LogP contribution in [0.2, 0.25) is 0 Å². The second kappa shape index (κ2) is 6.48. The van der Waals surface area contributed by atoms with Crippen molar-refractivity contribution in [1.82, 2.24) is 0 Å². The Bertz CT molecular complexity index is 909. The van der Waals surface area contributed by atoms with Crippen LogP contribution in [-0.4, -0.2) is 25.2 Å². The lowest BCUT2D eigenvalue weighted by Gasteiger charge is -2.10. The van der Waals surface area contributed by atoms with E-state index in [-0.39, 0.29) is 45.6 Å². The topological polar surface area (TPSA) is 83.5 Å². The molecule has 7 heteroatoms. The van der Waals surface area contributed by atoms with E-state index < -0.39 is 9.84 Å². The zero-order valence-electron chi connectivity index (χ0n) is 13.6. The second-order valence-electron chi connectivity index (χ2n) is 6.07. The number of hydrogen-bond acceptors (Lipinski definition) is 4. The molecule has 0 radical (unpaired) electrons. The molecule has 0 aromatic heterocycles. The molecule has 0 spiro atoms. The van der Waals surface area contributed by atoms with Crippen molar-refractivity contribution < 1.29 is 22.7 Å². The molecular formula is C18H18FNO4S. The lowest BCUT2D eigenvalue weighted by molar-refractivity contribution is -0.117. The van der Waals surface area contributed by atoms with Gasteiger partial charge in [-0.25, -0.2) is 12.8 Å². The van der Waals surface area contributed by atoms with Crippen molar-refractivity contribution in [3.63, 3.8) is 0 Å². The largest absolute Gasteiger partial charge is 0.506 e. The summed E-state index contributed by atoms with van der Waals surface area (Å²) >= 11 is 0. The van der Waals surface area contributed by atoms with E-state index in [1.165, 1.54) is 37.3 Å². The molecule has 2 atom stereocenters. The first-order valence-corrected chi connectivity index (χ1v) is 9.59. The van der Waals surface area contributed by atoms with Crippen LogP contribution < -0.4 is 5.32 Å². The number of carbonyl (C=O) groups excluding carboxylic acids is 1. The third-order valence-electron chi connectivity index (χ3n) is 4.39. The summed E-state index contributed by atoms with van der Waals surface area (Å²) in [5.41, 5.74) is 0.956. The summed E-state index contributed by atoms with van der Waals surface area (Å²) in [6, 6.07) is 9.84. The first kappa shape index (κ1) is 17.4. The average molecular weight is 363 g/mol. The van der Waals surface area contributed by atoms with E-state index in [0.29, 0.717) is 6.42 Å². The highest BCUT2D eigenvalue weighted by molar-refractivity contribution is 7.91. The standard InChI is InChI=1S/C18H18FNO4S/c1-2-25(23,24)13-7-8-17(21)16(9-13)20-18(22)15-10-14(15)11-3-5-12(19)6-4-11/h3-9,14-15,21H,2,10H2,1H3,(H,20,22). The SMILES string of the molecule is CCS(=O)(=O)c1ccc(O)c(NC(=O)C2CC2c2ccc(F)cc2)c1. The number of aromatic hydroxyl groups is 1. The number of rotatable bonds is 5. The van der Waals surface area contributed by atoms with Gasteiger partial charge in [-0.3, -0.25) is 4.79 Å². The molecule has 0 aliphatic heterocycles. The molecule has 2 aromatic carbocycles. The van der Waals surface area contributed by atoms with Crippen molar-refractivity contribution in [2.75, 3.05) is 11.1 Å². The zero-order chi connectivity index (χ0) is 18.2. The predicted octanol–water partition coefficient (Wildman–Crippen LogP) is 3.07. The lowest BCUT2D eigenvalue weighted by atomic mass is 10.1. The Morgan fingerprint density at radius 3 is 2.56 bits per heavy atom. The van der Waals surface area contributed by atoms with Crippen molar-refractivity contribution in [2.45, 2.75) is 24.2 Å². The quantitative estimate of drug-likeness (QED) is 0.800. The average Bonchev–Trinajstić information content (AvgIpc) is 3.38. The first-order chi connectivity index (χ1) is 11.8. The van der Waals surface area contributed by atoms with Gasteiger partial charge >= 0.3 is 0 Å². The molecule has 2 unspecified atom stereocenters. The Kier molecular flexibility index (Phi) is 4.51. The molecule has 5 nitrogen and oxygen atoms in total.